The number of rotatable bonds is 0. The third kappa shape index (κ3) is 1.37. The van der Waals surface area contributed by atoms with Gasteiger partial charge >= 0.3 is 5.97 Å². The number of ether oxygens (including phenoxy) is 1. The maximum absolute atomic E-state index is 13.0. The molecule has 5 heteroatoms. The van der Waals surface area contributed by atoms with E-state index in [0.29, 0.717) is 5.57 Å². The van der Waals surface area contributed by atoms with Crippen LogP contribution >= 0.6 is 0 Å². The van der Waals surface area contributed by atoms with Crippen molar-refractivity contribution in [3.8, 4) is 0 Å². The van der Waals surface area contributed by atoms with Gasteiger partial charge in [-0.2, -0.15) is 0 Å². The van der Waals surface area contributed by atoms with Gasteiger partial charge in [0.25, 0.3) is 0 Å². The zero-order valence-electron chi connectivity index (χ0n) is 13.6. The molecular formula is C18H20O5. The number of hydrogen-bond acceptors (Lipinski definition) is 5. The minimum absolute atomic E-state index is 0.106. The van der Waals surface area contributed by atoms with Gasteiger partial charge in [0.05, 0.1) is 22.9 Å². The Morgan fingerprint density at radius 2 is 1.78 bits per heavy atom. The highest BCUT2D eigenvalue weighted by Gasteiger charge is 2.73. The van der Waals surface area contributed by atoms with Crippen LogP contribution in [0.2, 0.25) is 0 Å². The molecule has 1 N–H and O–H groups in total. The Labute approximate surface area is 134 Å². The lowest BCUT2D eigenvalue weighted by Gasteiger charge is -2.55. The van der Waals surface area contributed by atoms with Crippen molar-refractivity contribution in [3.63, 3.8) is 0 Å². The lowest BCUT2D eigenvalue weighted by molar-refractivity contribution is -0.165. The average Bonchev–Trinajstić information content (AvgIpc) is 2.83. The summed E-state index contributed by atoms with van der Waals surface area (Å²) in [7, 11) is 0. The molecule has 5 nitrogen and oxygen atoms in total. The van der Waals surface area contributed by atoms with Crippen LogP contribution in [0.1, 0.15) is 27.7 Å². The number of carbonyl (C=O) groups excluding carboxylic acids is 3. The molecule has 1 saturated heterocycles. The van der Waals surface area contributed by atoms with Crippen molar-refractivity contribution in [2.45, 2.75) is 39.9 Å². The number of ketones is 2. The number of fused-ring (bicyclic) bond motifs is 6. The van der Waals surface area contributed by atoms with Gasteiger partial charge in [-0.25, -0.2) is 0 Å². The van der Waals surface area contributed by atoms with Crippen molar-refractivity contribution in [2.24, 2.45) is 28.6 Å². The van der Waals surface area contributed by atoms with Gasteiger partial charge in [0.1, 0.15) is 6.10 Å². The minimum atomic E-state index is -1.12. The lowest BCUT2D eigenvalue weighted by Crippen LogP contribution is -2.64. The first kappa shape index (κ1) is 14.8. The summed E-state index contributed by atoms with van der Waals surface area (Å²) in [5.41, 5.74) is -0.653. The molecule has 1 aliphatic heterocycles. The van der Waals surface area contributed by atoms with E-state index < -0.39 is 40.8 Å². The highest BCUT2D eigenvalue weighted by Crippen LogP contribution is 2.64. The highest BCUT2D eigenvalue weighted by atomic mass is 16.6. The second-order valence-electron chi connectivity index (χ2n) is 7.81. The molecule has 0 spiro atoms. The van der Waals surface area contributed by atoms with Gasteiger partial charge in [-0.3, -0.25) is 14.4 Å². The molecule has 122 valence electrons. The fourth-order valence-electron chi connectivity index (χ4n) is 5.71. The van der Waals surface area contributed by atoms with E-state index in [0.717, 1.165) is 5.57 Å². The minimum Gasteiger partial charge on any atom is -0.459 e. The Bertz CT molecular complexity index is 732. The predicted octanol–water partition coefficient (Wildman–Crippen LogP) is 1.21. The molecule has 2 fully saturated rings. The molecule has 0 amide bonds. The first-order chi connectivity index (χ1) is 10.6. The second kappa shape index (κ2) is 4.01. The number of hydrogen-bond donors (Lipinski definition) is 1. The molecule has 0 aromatic carbocycles. The van der Waals surface area contributed by atoms with Gasteiger partial charge in [-0.05, 0) is 37.1 Å². The molecule has 0 radical (unpaired) electrons. The number of aliphatic hydroxyl groups is 1. The van der Waals surface area contributed by atoms with Crippen molar-refractivity contribution in [2.75, 3.05) is 0 Å². The maximum Gasteiger partial charge on any atom is 0.310 e. The van der Waals surface area contributed by atoms with E-state index in [2.05, 4.69) is 0 Å². The lowest BCUT2D eigenvalue weighted by atomic mass is 9.45. The Balaban J connectivity index is 2.00. The van der Waals surface area contributed by atoms with Crippen LogP contribution in [0.25, 0.3) is 0 Å². The number of allylic oxidation sites excluding steroid dienone is 4. The molecule has 7 atom stereocenters. The van der Waals surface area contributed by atoms with E-state index in [1.807, 2.05) is 6.92 Å². The third-order valence-corrected chi connectivity index (χ3v) is 6.79. The predicted molar refractivity (Wildman–Crippen MR) is 80.1 cm³/mol. The summed E-state index contributed by atoms with van der Waals surface area (Å²) >= 11 is 0. The van der Waals surface area contributed by atoms with Crippen LogP contribution in [0.15, 0.2) is 23.3 Å². The number of esters is 1. The molecule has 1 saturated carbocycles. The zero-order valence-corrected chi connectivity index (χ0v) is 13.6. The Kier molecular flexibility index (Phi) is 2.58. The van der Waals surface area contributed by atoms with Crippen molar-refractivity contribution in [1.29, 1.82) is 0 Å². The van der Waals surface area contributed by atoms with Crippen LogP contribution in [-0.2, 0) is 19.1 Å². The van der Waals surface area contributed by atoms with Crippen molar-refractivity contribution in [1.82, 2.24) is 0 Å². The highest BCUT2D eigenvalue weighted by molar-refractivity contribution is 6.10. The molecular weight excluding hydrogens is 296 g/mol. The molecule has 4 rings (SSSR count). The third-order valence-electron chi connectivity index (χ3n) is 6.79. The van der Waals surface area contributed by atoms with Crippen molar-refractivity contribution >= 4 is 17.5 Å². The first-order valence-electron chi connectivity index (χ1n) is 8.03. The fraction of sp³-hybridized carbons (Fsp3) is 0.611. The van der Waals surface area contributed by atoms with Crippen molar-refractivity contribution < 1.29 is 24.2 Å². The zero-order chi connectivity index (χ0) is 16.9. The van der Waals surface area contributed by atoms with Gasteiger partial charge in [-0.1, -0.05) is 13.8 Å². The van der Waals surface area contributed by atoms with Crippen LogP contribution in [0.5, 0.6) is 0 Å². The van der Waals surface area contributed by atoms with E-state index in [9.17, 15) is 19.5 Å². The van der Waals surface area contributed by atoms with E-state index in [1.54, 1.807) is 26.8 Å². The summed E-state index contributed by atoms with van der Waals surface area (Å²) in [6.07, 6.45) is 1.38. The summed E-state index contributed by atoms with van der Waals surface area (Å²) in [4.78, 5) is 38.1. The van der Waals surface area contributed by atoms with Crippen LogP contribution in [0, 0.1) is 28.6 Å². The van der Waals surface area contributed by atoms with Crippen LogP contribution in [0.4, 0.5) is 0 Å². The summed E-state index contributed by atoms with van der Waals surface area (Å²) < 4.78 is 5.38. The monoisotopic (exact) mass is 316 g/mol. The molecule has 4 aliphatic rings. The van der Waals surface area contributed by atoms with Gasteiger partial charge in [0, 0.05) is 11.8 Å². The van der Waals surface area contributed by atoms with E-state index >= 15 is 0 Å². The average molecular weight is 316 g/mol. The summed E-state index contributed by atoms with van der Waals surface area (Å²) in [6, 6.07) is 0. The van der Waals surface area contributed by atoms with E-state index in [-0.39, 0.29) is 17.5 Å². The SMILES string of the molecule is CC1=CC(=O)[C@]2(C)C1=CC(=O)[C@@]1(C)C2[C@H](O)[C@H]2OC(=O)[C@@H]1[C@@H]2C. The van der Waals surface area contributed by atoms with E-state index in [1.165, 1.54) is 6.08 Å². The molecule has 3 aliphatic carbocycles. The first-order valence-corrected chi connectivity index (χ1v) is 8.03. The molecule has 2 bridgehead atoms. The largest absolute Gasteiger partial charge is 0.459 e. The van der Waals surface area contributed by atoms with Gasteiger partial charge in [-0.15, -0.1) is 0 Å². The number of aliphatic hydroxyl groups excluding tert-OH is 1. The summed E-state index contributed by atoms with van der Waals surface area (Å²) in [5.74, 6) is -2.24. The normalized spacial score (nSPS) is 51.0. The standard InChI is InChI=1S/C18H20O5/c1-7-5-10(19)17(3)9(7)6-11(20)18(4)12-8(2)14(23-16(12)22)13(21)15(17)18/h5-6,8,12-15,21H,1-4H3/t8-,12-,13+,14-,15?,17-,18+/m0/s1. The quantitative estimate of drug-likeness (QED) is 0.679. The molecule has 1 heterocycles. The molecule has 0 aromatic heterocycles. The van der Waals surface area contributed by atoms with Crippen LogP contribution in [-0.4, -0.2) is 34.9 Å². The fourth-order valence-corrected chi connectivity index (χ4v) is 5.71. The Hall–Kier alpha value is -1.75. The molecule has 23 heavy (non-hydrogen) atoms. The van der Waals surface area contributed by atoms with Gasteiger partial charge in [0.2, 0.25) is 0 Å². The Morgan fingerprint density at radius 1 is 1.13 bits per heavy atom. The van der Waals surface area contributed by atoms with Crippen molar-refractivity contribution in [3.05, 3.63) is 23.3 Å². The topological polar surface area (TPSA) is 80.7 Å². The smallest absolute Gasteiger partial charge is 0.310 e. The second-order valence-corrected chi connectivity index (χ2v) is 7.81. The number of carbonyl (C=O) groups is 3. The maximum atomic E-state index is 13.0. The van der Waals surface area contributed by atoms with Gasteiger partial charge in [0.15, 0.2) is 11.6 Å². The van der Waals surface area contributed by atoms with E-state index in [4.69, 9.17) is 4.74 Å². The summed E-state index contributed by atoms with van der Waals surface area (Å²) in [6.45, 7) is 7.14. The Morgan fingerprint density at radius 3 is 2.43 bits per heavy atom. The van der Waals surface area contributed by atoms with Crippen LogP contribution < -0.4 is 0 Å². The van der Waals surface area contributed by atoms with Gasteiger partial charge < -0.3 is 9.84 Å². The van der Waals surface area contributed by atoms with Crippen LogP contribution in [0.3, 0.4) is 0 Å². The summed E-state index contributed by atoms with van der Waals surface area (Å²) in [5, 5.41) is 10.9. The molecule has 0 aromatic rings. The molecule has 1 unspecified atom stereocenters.